The number of nitrogens with zero attached hydrogens (tertiary/aromatic N) is 1. The highest BCUT2D eigenvalue weighted by atomic mass is 14.4. The van der Waals surface area contributed by atoms with Gasteiger partial charge in [-0.1, -0.05) is 12.8 Å². The molecule has 0 radical (unpaired) electrons. The first-order chi connectivity index (χ1) is 4.88. The molecule has 2 fully saturated rings. The van der Waals surface area contributed by atoms with Gasteiger partial charge in [-0.05, 0) is 31.1 Å². The molecule has 10 heavy (non-hydrogen) atoms. The van der Waals surface area contributed by atoms with Crippen LogP contribution >= 0.6 is 0 Å². The molecule has 2 saturated carbocycles. The average molecular weight is 135 g/mol. The van der Waals surface area contributed by atoms with E-state index in [4.69, 9.17) is 5.26 Å². The van der Waals surface area contributed by atoms with Crippen molar-refractivity contribution in [3.8, 4) is 6.07 Å². The minimum absolute atomic E-state index is 0.409. The van der Waals surface area contributed by atoms with E-state index in [1.54, 1.807) is 0 Å². The molecule has 1 heteroatoms. The van der Waals surface area contributed by atoms with Crippen LogP contribution in [0.5, 0.6) is 0 Å². The van der Waals surface area contributed by atoms with Crippen LogP contribution in [0.25, 0.3) is 0 Å². The van der Waals surface area contributed by atoms with Gasteiger partial charge in [0, 0.05) is 5.92 Å². The largest absolute Gasteiger partial charge is 0.198 e. The van der Waals surface area contributed by atoms with Crippen molar-refractivity contribution in [3.05, 3.63) is 0 Å². The van der Waals surface area contributed by atoms with Crippen molar-refractivity contribution < 1.29 is 0 Å². The summed E-state index contributed by atoms with van der Waals surface area (Å²) in [6, 6.07) is 2.40. The number of hydrogen-bond acceptors (Lipinski definition) is 1. The summed E-state index contributed by atoms with van der Waals surface area (Å²) in [5, 5.41) is 8.70. The SMILES string of the molecule is N#CC1CC2CCC(C1)C2. The summed E-state index contributed by atoms with van der Waals surface area (Å²) < 4.78 is 0. The van der Waals surface area contributed by atoms with E-state index in [2.05, 4.69) is 6.07 Å². The Morgan fingerprint density at radius 2 is 1.60 bits per heavy atom. The van der Waals surface area contributed by atoms with E-state index in [1.165, 1.54) is 32.1 Å². The molecule has 0 heterocycles. The maximum absolute atomic E-state index is 8.70. The molecule has 0 saturated heterocycles. The first-order valence-corrected chi connectivity index (χ1v) is 4.28. The van der Waals surface area contributed by atoms with Crippen molar-refractivity contribution >= 4 is 0 Å². The van der Waals surface area contributed by atoms with Gasteiger partial charge >= 0.3 is 0 Å². The topological polar surface area (TPSA) is 23.8 Å². The Morgan fingerprint density at radius 1 is 1.00 bits per heavy atom. The van der Waals surface area contributed by atoms with Crippen LogP contribution in [0.4, 0.5) is 0 Å². The van der Waals surface area contributed by atoms with Gasteiger partial charge in [0.1, 0.15) is 0 Å². The van der Waals surface area contributed by atoms with Gasteiger partial charge < -0.3 is 0 Å². The smallest absolute Gasteiger partial charge is 0.0655 e. The lowest BCUT2D eigenvalue weighted by Crippen LogP contribution is -2.13. The Bertz CT molecular complexity index is 156. The summed E-state index contributed by atoms with van der Waals surface area (Å²) in [6.45, 7) is 0. The molecule has 0 aromatic carbocycles. The highest BCUT2D eigenvalue weighted by molar-refractivity contribution is 4.94. The zero-order valence-electron chi connectivity index (χ0n) is 6.21. The van der Waals surface area contributed by atoms with Crippen LogP contribution in [-0.4, -0.2) is 0 Å². The fourth-order valence-corrected chi connectivity index (χ4v) is 2.61. The van der Waals surface area contributed by atoms with Gasteiger partial charge in [0.25, 0.3) is 0 Å². The van der Waals surface area contributed by atoms with Gasteiger partial charge in [-0.15, -0.1) is 0 Å². The van der Waals surface area contributed by atoms with E-state index in [0.717, 1.165) is 11.8 Å². The Morgan fingerprint density at radius 3 is 2.10 bits per heavy atom. The zero-order valence-corrected chi connectivity index (χ0v) is 6.21. The molecule has 2 aliphatic rings. The summed E-state index contributed by atoms with van der Waals surface area (Å²) in [7, 11) is 0. The molecule has 2 aliphatic carbocycles. The maximum Gasteiger partial charge on any atom is 0.0655 e. The van der Waals surface area contributed by atoms with Crippen molar-refractivity contribution in [2.45, 2.75) is 32.1 Å². The number of fused-ring (bicyclic) bond motifs is 2. The summed E-state index contributed by atoms with van der Waals surface area (Å²) in [4.78, 5) is 0. The molecular formula is C9H13N. The van der Waals surface area contributed by atoms with Crippen LogP contribution < -0.4 is 0 Å². The Labute approximate surface area is 62.0 Å². The number of nitriles is 1. The second-order valence-corrected chi connectivity index (χ2v) is 3.84. The average Bonchev–Trinajstić information content (AvgIpc) is 2.30. The van der Waals surface area contributed by atoms with Crippen molar-refractivity contribution in [1.29, 1.82) is 5.26 Å². The third-order valence-corrected chi connectivity index (χ3v) is 3.07. The van der Waals surface area contributed by atoms with Crippen LogP contribution in [0, 0.1) is 29.1 Å². The number of hydrogen-bond donors (Lipinski definition) is 0. The predicted octanol–water partition coefficient (Wildman–Crippen LogP) is 2.34. The number of rotatable bonds is 0. The van der Waals surface area contributed by atoms with Crippen molar-refractivity contribution in [1.82, 2.24) is 0 Å². The van der Waals surface area contributed by atoms with Crippen LogP contribution in [-0.2, 0) is 0 Å². The molecule has 2 bridgehead atoms. The summed E-state index contributed by atoms with van der Waals surface area (Å²) in [5.74, 6) is 2.25. The monoisotopic (exact) mass is 135 g/mol. The molecule has 2 rings (SSSR count). The molecule has 2 unspecified atom stereocenters. The summed E-state index contributed by atoms with van der Waals surface area (Å²) in [5.41, 5.74) is 0. The molecule has 0 spiro atoms. The van der Waals surface area contributed by atoms with Crippen molar-refractivity contribution in [2.75, 3.05) is 0 Å². The molecule has 0 aromatic rings. The Balaban J connectivity index is 2.04. The second kappa shape index (κ2) is 2.27. The fourth-order valence-electron chi connectivity index (χ4n) is 2.61. The van der Waals surface area contributed by atoms with Gasteiger partial charge in [-0.2, -0.15) is 5.26 Å². The standard InChI is InChI=1S/C9H13N/c10-6-9-4-7-1-2-8(3-7)5-9/h7-9H,1-5H2. The minimum Gasteiger partial charge on any atom is -0.198 e. The molecule has 1 nitrogen and oxygen atoms in total. The first kappa shape index (κ1) is 6.22. The molecule has 0 aromatic heterocycles. The van der Waals surface area contributed by atoms with Gasteiger partial charge in [-0.3, -0.25) is 0 Å². The quantitative estimate of drug-likeness (QED) is 0.500. The molecule has 0 amide bonds. The molecule has 0 N–H and O–H groups in total. The highest BCUT2D eigenvalue weighted by Crippen LogP contribution is 2.44. The van der Waals surface area contributed by atoms with Gasteiger partial charge in [-0.25, -0.2) is 0 Å². The van der Waals surface area contributed by atoms with E-state index in [1.807, 2.05) is 0 Å². The lowest BCUT2D eigenvalue weighted by Gasteiger charge is -2.22. The van der Waals surface area contributed by atoms with Crippen molar-refractivity contribution in [2.24, 2.45) is 17.8 Å². The molecule has 0 aliphatic heterocycles. The lowest BCUT2D eigenvalue weighted by molar-refractivity contribution is 0.306. The molecule has 2 atom stereocenters. The first-order valence-electron chi connectivity index (χ1n) is 4.28. The van der Waals surface area contributed by atoms with E-state index in [9.17, 15) is 0 Å². The predicted molar refractivity (Wildman–Crippen MR) is 39.2 cm³/mol. The lowest BCUT2D eigenvalue weighted by atomic mass is 9.82. The van der Waals surface area contributed by atoms with Gasteiger partial charge in [0.15, 0.2) is 0 Å². The Kier molecular flexibility index (Phi) is 1.41. The van der Waals surface area contributed by atoms with Crippen LogP contribution in [0.2, 0.25) is 0 Å². The maximum atomic E-state index is 8.70. The fraction of sp³-hybridized carbons (Fsp3) is 0.889. The third-order valence-electron chi connectivity index (χ3n) is 3.07. The normalized spacial score (nSPS) is 44.9. The molecular weight excluding hydrogens is 122 g/mol. The van der Waals surface area contributed by atoms with Crippen molar-refractivity contribution in [3.63, 3.8) is 0 Å². The second-order valence-electron chi connectivity index (χ2n) is 3.84. The van der Waals surface area contributed by atoms with E-state index < -0.39 is 0 Å². The van der Waals surface area contributed by atoms with Crippen LogP contribution in [0.3, 0.4) is 0 Å². The van der Waals surface area contributed by atoms with Gasteiger partial charge in [0.05, 0.1) is 6.07 Å². The Hall–Kier alpha value is -0.510. The van der Waals surface area contributed by atoms with Crippen LogP contribution in [0.1, 0.15) is 32.1 Å². The van der Waals surface area contributed by atoms with Gasteiger partial charge in [0.2, 0.25) is 0 Å². The van der Waals surface area contributed by atoms with Crippen LogP contribution in [0.15, 0.2) is 0 Å². The molecule has 54 valence electrons. The van der Waals surface area contributed by atoms with E-state index in [-0.39, 0.29) is 0 Å². The highest BCUT2D eigenvalue weighted by Gasteiger charge is 2.33. The third kappa shape index (κ3) is 0.923. The van der Waals surface area contributed by atoms with E-state index in [0.29, 0.717) is 5.92 Å². The summed E-state index contributed by atoms with van der Waals surface area (Å²) in [6.07, 6.45) is 6.64. The minimum atomic E-state index is 0.409. The zero-order chi connectivity index (χ0) is 6.97. The summed E-state index contributed by atoms with van der Waals surface area (Å²) >= 11 is 0. The van der Waals surface area contributed by atoms with E-state index >= 15 is 0 Å².